The zero-order valence-electron chi connectivity index (χ0n) is 15.8. The van der Waals surface area contributed by atoms with Crippen molar-refractivity contribution in [2.24, 2.45) is 0 Å². The van der Waals surface area contributed by atoms with Crippen LogP contribution in [0.25, 0.3) is 6.08 Å². The molecule has 3 rings (SSSR count). The lowest BCUT2D eigenvalue weighted by Crippen LogP contribution is -2.54. The largest absolute Gasteiger partial charge is 0.480 e. The number of nitrogens with one attached hydrogen (secondary N) is 1. The number of urea groups is 1. The number of hydrogen-bond donors (Lipinski definition) is 1. The van der Waals surface area contributed by atoms with Crippen LogP contribution >= 0.6 is 22.6 Å². The lowest BCUT2D eigenvalue weighted by molar-refractivity contribution is -0.122. The number of imide groups is 2. The Balaban J connectivity index is 1.96. The number of halogens is 1. The van der Waals surface area contributed by atoms with Crippen LogP contribution in [-0.2, 0) is 9.59 Å². The third-order valence-corrected chi connectivity index (χ3v) is 5.27. The molecular weight excluding hydrogens is 483 g/mol. The van der Waals surface area contributed by atoms with Crippen LogP contribution in [0.5, 0.6) is 5.75 Å². The van der Waals surface area contributed by atoms with Gasteiger partial charge in [-0.3, -0.25) is 14.9 Å². The van der Waals surface area contributed by atoms with Crippen LogP contribution in [0.4, 0.5) is 10.5 Å². The van der Waals surface area contributed by atoms with E-state index in [1.807, 2.05) is 19.9 Å². The average molecular weight is 500 g/mol. The van der Waals surface area contributed by atoms with Crippen molar-refractivity contribution in [2.75, 3.05) is 11.5 Å². The molecule has 0 radical (unpaired) electrons. The van der Waals surface area contributed by atoms with Crippen molar-refractivity contribution in [2.45, 2.75) is 13.8 Å². The summed E-state index contributed by atoms with van der Waals surface area (Å²) in [5, 5.41) is 2.23. The summed E-state index contributed by atoms with van der Waals surface area (Å²) in [7, 11) is 0. The highest BCUT2D eigenvalue weighted by atomic mass is 127. The Bertz CT molecular complexity index is 1100. The van der Waals surface area contributed by atoms with E-state index >= 15 is 0 Å². The van der Waals surface area contributed by atoms with Gasteiger partial charge < -0.3 is 4.74 Å². The zero-order chi connectivity index (χ0) is 21.1. The van der Waals surface area contributed by atoms with E-state index in [0.29, 0.717) is 17.0 Å². The van der Waals surface area contributed by atoms with E-state index in [9.17, 15) is 14.4 Å². The molecule has 1 N–H and O–H groups in total. The molecule has 7 heteroatoms. The van der Waals surface area contributed by atoms with Crippen LogP contribution in [0.2, 0.25) is 0 Å². The molecule has 0 aliphatic carbocycles. The van der Waals surface area contributed by atoms with E-state index in [-0.39, 0.29) is 12.2 Å². The number of benzene rings is 2. The smallest absolute Gasteiger partial charge is 0.335 e. The standard InChI is InChI=1S/C22H17IN2O4/c1-4-9-29-19-8-6-15(12-18(19)23)11-17-20(26)24-22(28)25(21(17)27)16-7-5-13(2)14(3)10-16/h1,5-8,10-12H,9H2,2-3H3,(H,24,26,28)/b17-11+. The maximum atomic E-state index is 13.0. The summed E-state index contributed by atoms with van der Waals surface area (Å²) in [4.78, 5) is 38.6. The quantitative estimate of drug-likeness (QED) is 0.302. The van der Waals surface area contributed by atoms with Crippen molar-refractivity contribution >= 4 is 52.2 Å². The number of aryl methyl sites for hydroxylation is 2. The second kappa shape index (κ2) is 8.49. The highest BCUT2D eigenvalue weighted by Gasteiger charge is 2.36. The number of barbiturate groups is 1. The molecule has 0 bridgehead atoms. The van der Waals surface area contributed by atoms with Crippen LogP contribution in [0.3, 0.4) is 0 Å². The molecule has 4 amide bonds. The number of rotatable bonds is 4. The van der Waals surface area contributed by atoms with Crippen molar-refractivity contribution < 1.29 is 19.1 Å². The van der Waals surface area contributed by atoms with Crippen LogP contribution in [0, 0.1) is 29.8 Å². The number of anilines is 1. The molecule has 0 spiro atoms. The number of carbonyl (C=O) groups is 3. The summed E-state index contributed by atoms with van der Waals surface area (Å²) < 4.78 is 6.20. The SMILES string of the molecule is C#CCOc1ccc(/C=C2\C(=O)NC(=O)N(c3ccc(C)c(C)c3)C2=O)cc1I. The van der Waals surface area contributed by atoms with Crippen molar-refractivity contribution in [3.63, 3.8) is 0 Å². The van der Waals surface area contributed by atoms with Crippen molar-refractivity contribution in [3.8, 4) is 18.1 Å². The van der Waals surface area contributed by atoms with Gasteiger partial charge in [0.05, 0.1) is 9.26 Å². The minimum Gasteiger partial charge on any atom is -0.480 e. The van der Waals surface area contributed by atoms with Crippen LogP contribution in [-0.4, -0.2) is 24.5 Å². The summed E-state index contributed by atoms with van der Waals surface area (Å²) in [5.74, 6) is 1.59. The number of ether oxygens (including phenoxy) is 1. The normalized spacial score (nSPS) is 15.3. The van der Waals surface area contributed by atoms with Gasteiger partial charge in [0.2, 0.25) is 0 Å². The molecule has 146 valence electrons. The van der Waals surface area contributed by atoms with Crippen LogP contribution < -0.4 is 15.0 Å². The number of nitrogens with zero attached hydrogens (tertiary/aromatic N) is 1. The Hall–Kier alpha value is -3.12. The number of amides is 4. The maximum absolute atomic E-state index is 13.0. The first kappa shape index (κ1) is 20.6. The Kier molecular flexibility index (Phi) is 6.03. The van der Waals surface area contributed by atoms with Gasteiger partial charge in [0, 0.05) is 0 Å². The van der Waals surface area contributed by atoms with Gasteiger partial charge in [-0.25, -0.2) is 9.69 Å². The first-order chi connectivity index (χ1) is 13.8. The highest BCUT2D eigenvalue weighted by Crippen LogP contribution is 2.26. The second-order valence-corrected chi connectivity index (χ2v) is 7.57. The molecule has 0 atom stereocenters. The van der Waals surface area contributed by atoms with Crippen LogP contribution in [0.1, 0.15) is 16.7 Å². The molecule has 1 heterocycles. The molecule has 2 aromatic carbocycles. The summed E-state index contributed by atoms with van der Waals surface area (Å²) in [6.45, 7) is 3.97. The third-order valence-electron chi connectivity index (χ3n) is 4.43. The first-order valence-corrected chi connectivity index (χ1v) is 9.74. The fourth-order valence-electron chi connectivity index (χ4n) is 2.77. The van der Waals surface area contributed by atoms with Gasteiger partial charge in [0.15, 0.2) is 0 Å². The minimum atomic E-state index is -0.770. The average Bonchev–Trinajstić information content (AvgIpc) is 2.67. The van der Waals surface area contributed by atoms with Gasteiger partial charge in [-0.05, 0) is 83.5 Å². The number of carbonyl (C=O) groups excluding carboxylic acids is 3. The van der Waals surface area contributed by atoms with Crippen molar-refractivity contribution in [3.05, 3.63) is 62.2 Å². The molecular formula is C22H17IN2O4. The van der Waals surface area contributed by atoms with E-state index in [2.05, 4.69) is 33.8 Å². The topological polar surface area (TPSA) is 75.7 Å². The molecule has 2 aromatic rings. The molecule has 1 fully saturated rings. The summed E-state index contributed by atoms with van der Waals surface area (Å²) in [6.07, 6.45) is 6.65. The van der Waals surface area contributed by atoms with Gasteiger partial charge >= 0.3 is 6.03 Å². The van der Waals surface area contributed by atoms with Gasteiger partial charge in [-0.2, -0.15) is 0 Å². The minimum absolute atomic E-state index is 0.129. The fourth-order valence-corrected chi connectivity index (χ4v) is 3.46. The van der Waals surface area contributed by atoms with E-state index in [0.717, 1.165) is 19.6 Å². The third kappa shape index (κ3) is 4.32. The molecule has 6 nitrogen and oxygen atoms in total. The van der Waals surface area contributed by atoms with Gasteiger partial charge in [0.1, 0.15) is 17.9 Å². The molecule has 1 aliphatic rings. The molecule has 29 heavy (non-hydrogen) atoms. The molecule has 1 aliphatic heterocycles. The van der Waals surface area contributed by atoms with E-state index in [4.69, 9.17) is 11.2 Å². The molecule has 0 saturated carbocycles. The lowest BCUT2D eigenvalue weighted by atomic mass is 10.1. The number of terminal acetylenes is 1. The summed E-state index contributed by atoms with van der Waals surface area (Å²) >= 11 is 2.08. The second-order valence-electron chi connectivity index (χ2n) is 6.41. The van der Waals surface area contributed by atoms with E-state index in [1.165, 1.54) is 6.08 Å². The molecule has 1 saturated heterocycles. The Morgan fingerprint density at radius 1 is 1.14 bits per heavy atom. The van der Waals surface area contributed by atoms with Crippen molar-refractivity contribution in [1.82, 2.24) is 5.32 Å². The van der Waals surface area contributed by atoms with Gasteiger partial charge in [-0.1, -0.05) is 18.1 Å². The monoisotopic (exact) mass is 500 g/mol. The van der Waals surface area contributed by atoms with Crippen LogP contribution in [0.15, 0.2) is 42.0 Å². The molecule has 0 aromatic heterocycles. The number of hydrogen-bond acceptors (Lipinski definition) is 4. The van der Waals surface area contributed by atoms with E-state index < -0.39 is 17.8 Å². The lowest BCUT2D eigenvalue weighted by Gasteiger charge is -2.26. The first-order valence-electron chi connectivity index (χ1n) is 8.66. The fraction of sp³-hybridized carbons (Fsp3) is 0.136. The zero-order valence-corrected chi connectivity index (χ0v) is 17.9. The predicted octanol–water partition coefficient (Wildman–Crippen LogP) is 3.59. The predicted molar refractivity (Wildman–Crippen MR) is 118 cm³/mol. The summed E-state index contributed by atoms with van der Waals surface area (Å²) in [6, 6.07) is 9.64. The Morgan fingerprint density at radius 2 is 1.90 bits per heavy atom. The van der Waals surface area contributed by atoms with Crippen molar-refractivity contribution in [1.29, 1.82) is 0 Å². The maximum Gasteiger partial charge on any atom is 0.335 e. The molecule has 0 unspecified atom stereocenters. The Morgan fingerprint density at radius 3 is 2.55 bits per heavy atom. The highest BCUT2D eigenvalue weighted by molar-refractivity contribution is 14.1. The van der Waals surface area contributed by atoms with Gasteiger partial charge in [0.25, 0.3) is 11.8 Å². The van der Waals surface area contributed by atoms with E-state index in [1.54, 1.807) is 30.3 Å². The Labute approximate surface area is 182 Å². The summed E-state index contributed by atoms with van der Waals surface area (Å²) in [5.41, 5.74) is 2.86. The van der Waals surface area contributed by atoms with Gasteiger partial charge in [-0.15, -0.1) is 6.42 Å².